The Bertz CT molecular complexity index is 1670. The van der Waals surface area contributed by atoms with E-state index < -0.39 is 11.9 Å². The van der Waals surface area contributed by atoms with Crippen molar-refractivity contribution in [2.75, 3.05) is 57.2 Å². The number of piperidine rings is 1. The molecule has 1 unspecified atom stereocenters. The number of anilines is 2. The lowest BCUT2D eigenvalue weighted by molar-refractivity contribution is -0.137. The summed E-state index contributed by atoms with van der Waals surface area (Å²) in [6, 6.07) is 12.9. The van der Waals surface area contributed by atoms with E-state index in [0.29, 0.717) is 62.8 Å². The number of rotatable bonds is 17. The van der Waals surface area contributed by atoms with E-state index in [-0.39, 0.29) is 43.7 Å². The summed E-state index contributed by atoms with van der Waals surface area (Å²) < 4.78 is 18.8. The fourth-order valence-electron chi connectivity index (χ4n) is 6.70. The third kappa shape index (κ3) is 9.76. The van der Waals surface area contributed by atoms with Gasteiger partial charge in [-0.25, -0.2) is 4.68 Å². The van der Waals surface area contributed by atoms with Crippen molar-refractivity contribution in [2.24, 2.45) is 0 Å². The van der Waals surface area contributed by atoms with Gasteiger partial charge in [-0.1, -0.05) is 17.3 Å². The molecule has 1 aromatic heterocycles. The van der Waals surface area contributed by atoms with Gasteiger partial charge in [-0.3, -0.25) is 24.5 Å². The molecule has 0 spiro atoms. The number of nitrogens with two attached hydrogens (primary N) is 1. The van der Waals surface area contributed by atoms with Gasteiger partial charge in [0.25, 0.3) is 5.91 Å². The van der Waals surface area contributed by atoms with Crippen molar-refractivity contribution in [1.82, 2.24) is 30.5 Å². The van der Waals surface area contributed by atoms with Crippen molar-refractivity contribution in [3.63, 3.8) is 0 Å². The maximum absolute atomic E-state index is 12.8. The first kappa shape index (κ1) is 36.1. The average molecular weight is 703 g/mol. The molecule has 3 aliphatic rings. The molecular weight excluding hydrogens is 656 g/mol. The summed E-state index contributed by atoms with van der Waals surface area (Å²) >= 11 is 0. The number of fused-ring (bicyclic) bond motifs is 1. The highest BCUT2D eigenvalue weighted by molar-refractivity contribution is 6.05. The first-order chi connectivity index (χ1) is 24.8. The number of carbonyl (C=O) groups excluding carboxylic acids is 4. The number of nitrogen functional groups attached to an aromatic ring is 1. The van der Waals surface area contributed by atoms with Gasteiger partial charge in [0.15, 0.2) is 0 Å². The number of benzene rings is 2. The van der Waals surface area contributed by atoms with Crippen LogP contribution in [0, 0.1) is 0 Å². The summed E-state index contributed by atoms with van der Waals surface area (Å²) in [6.07, 6.45) is 6.95. The number of nitrogens with one attached hydrogen (secondary N) is 3. The Hall–Kier alpha value is -4.70. The van der Waals surface area contributed by atoms with Crippen LogP contribution >= 0.6 is 0 Å². The summed E-state index contributed by atoms with van der Waals surface area (Å²) in [5.74, 6) is -1.25. The maximum atomic E-state index is 12.8. The zero-order chi connectivity index (χ0) is 35.6. The molecule has 2 aromatic carbocycles. The molecule has 0 radical (unpaired) electrons. The van der Waals surface area contributed by atoms with Gasteiger partial charge in [0.2, 0.25) is 17.7 Å². The number of ether oxygens (including phenoxy) is 3. The van der Waals surface area contributed by atoms with Crippen molar-refractivity contribution < 1.29 is 33.4 Å². The smallest absolute Gasteiger partial charge is 0.255 e. The van der Waals surface area contributed by atoms with Crippen LogP contribution in [0.5, 0.6) is 0 Å². The lowest BCUT2D eigenvalue weighted by Gasteiger charge is -2.29. The molecule has 3 heterocycles. The van der Waals surface area contributed by atoms with Crippen molar-refractivity contribution in [3.8, 4) is 11.3 Å². The second-order valence-electron chi connectivity index (χ2n) is 13.1. The summed E-state index contributed by atoms with van der Waals surface area (Å²) in [4.78, 5) is 50.5. The van der Waals surface area contributed by atoms with Gasteiger partial charge in [0, 0.05) is 48.1 Å². The van der Waals surface area contributed by atoms with E-state index in [0.717, 1.165) is 54.7 Å². The molecule has 1 saturated carbocycles. The summed E-state index contributed by atoms with van der Waals surface area (Å²) in [5, 5.41) is 17.5. The van der Waals surface area contributed by atoms with Crippen LogP contribution in [0.25, 0.3) is 11.3 Å². The number of nitrogens with zero attached hydrogens (tertiary/aromatic N) is 4. The molecule has 2 aliphatic heterocycles. The Balaban J connectivity index is 0.754. The molecule has 1 aliphatic carbocycles. The van der Waals surface area contributed by atoms with Gasteiger partial charge < -0.3 is 35.5 Å². The van der Waals surface area contributed by atoms with E-state index in [2.05, 4.69) is 26.3 Å². The van der Waals surface area contributed by atoms with Crippen LogP contribution in [0.15, 0.2) is 48.7 Å². The molecule has 51 heavy (non-hydrogen) atoms. The minimum Gasteiger partial charge on any atom is -0.399 e. The van der Waals surface area contributed by atoms with Gasteiger partial charge >= 0.3 is 0 Å². The number of hydrogen-bond donors (Lipinski definition) is 4. The van der Waals surface area contributed by atoms with E-state index in [1.54, 1.807) is 18.2 Å². The first-order valence-electron chi connectivity index (χ1n) is 17.7. The molecular formula is C36H46N8O7. The quantitative estimate of drug-likeness (QED) is 0.0918. The SMILES string of the molecule is Nc1ccc(-c2cn(C3CCC(NCCOCCOCCOCCC(=O)Nc4ccc5c(c4)CN(C4CCC(=O)NC4=O)C5=O)CC3)nn2)cc1. The summed E-state index contributed by atoms with van der Waals surface area (Å²) in [7, 11) is 0. The lowest BCUT2D eigenvalue weighted by Crippen LogP contribution is -2.52. The van der Waals surface area contributed by atoms with Crippen molar-refractivity contribution in [2.45, 2.75) is 69.6 Å². The van der Waals surface area contributed by atoms with E-state index in [9.17, 15) is 19.2 Å². The normalized spacial score (nSPS) is 20.4. The minimum atomic E-state index is -0.678. The molecule has 5 N–H and O–H groups in total. The van der Waals surface area contributed by atoms with Gasteiger partial charge in [0.1, 0.15) is 11.7 Å². The Morgan fingerprint density at radius 2 is 1.63 bits per heavy atom. The Labute approximate surface area is 296 Å². The second kappa shape index (κ2) is 17.5. The maximum Gasteiger partial charge on any atom is 0.255 e. The van der Waals surface area contributed by atoms with Crippen LogP contribution in [0.3, 0.4) is 0 Å². The Kier molecular flexibility index (Phi) is 12.4. The zero-order valence-electron chi connectivity index (χ0n) is 28.7. The predicted octanol–water partition coefficient (Wildman–Crippen LogP) is 2.44. The second-order valence-corrected chi connectivity index (χ2v) is 13.1. The summed E-state index contributed by atoms with van der Waals surface area (Å²) in [6.45, 7) is 3.63. The molecule has 15 nitrogen and oxygen atoms in total. The predicted molar refractivity (Wildman–Crippen MR) is 187 cm³/mol. The van der Waals surface area contributed by atoms with Crippen molar-refractivity contribution >= 4 is 35.0 Å². The third-order valence-corrected chi connectivity index (χ3v) is 9.49. The number of aromatic nitrogens is 3. The number of carbonyl (C=O) groups is 4. The Morgan fingerprint density at radius 1 is 0.902 bits per heavy atom. The fourth-order valence-corrected chi connectivity index (χ4v) is 6.70. The number of amides is 4. The third-order valence-electron chi connectivity index (χ3n) is 9.49. The van der Waals surface area contributed by atoms with Crippen LogP contribution in [0.4, 0.5) is 11.4 Å². The van der Waals surface area contributed by atoms with Gasteiger partial charge in [-0.15, -0.1) is 5.10 Å². The first-order valence-corrected chi connectivity index (χ1v) is 17.7. The van der Waals surface area contributed by atoms with Gasteiger partial charge in [-0.05, 0) is 68.0 Å². The van der Waals surface area contributed by atoms with E-state index in [1.165, 1.54) is 4.90 Å². The van der Waals surface area contributed by atoms with Crippen LogP contribution in [0.1, 0.15) is 66.9 Å². The average Bonchev–Trinajstić information content (AvgIpc) is 3.74. The van der Waals surface area contributed by atoms with E-state index in [4.69, 9.17) is 19.9 Å². The molecule has 15 heteroatoms. The standard InChI is InChI=1S/C36H46N8O7/c37-26-3-1-24(2-4-26)31-23-44(42-41-31)29-8-5-27(6-9-29)38-14-16-50-18-20-51-19-17-49-15-13-34(46)39-28-7-10-30-25(21-28)22-43(36(30)48)32-11-12-33(45)40-35(32)47/h1-4,7,10,21,23,27,29,32,38H,5-6,8-9,11-20,22,37H2,(H,39,46)(H,40,45,47). The number of hydrogen-bond acceptors (Lipinski definition) is 11. The van der Waals surface area contributed by atoms with Crippen LogP contribution in [-0.2, 0) is 35.1 Å². The highest BCUT2D eigenvalue weighted by Crippen LogP contribution is 2.30. The van der Waals surface area contributed by atoms with Crippen LogP contribution < -0.4 is 21.7 Å². The lowest BCUT2D eigenvalue weighted by atomic mass is 9.91. The van der Waals surface area contributed by atoms with Crippen molar-refractivity contribution in [3.05, 3.63) is 59.8 Å². The summed E-state index contributed by atoms with van der Waals surface area (Å²) in [5.41, 5.74) is 10.2. The highest BCUT2D eigenvalue weighted by Gasteiger charge is 2.39. The van der Waals surface area contributed by atoms with Gasteiger partial charge in [-0.2, -0.15) is 0 Å². The van der Waals surface area contributed by atoms with E-state index >= 15 is 0 Å². The van der Waals surface area contributed by atoms with Crippen LogP contribution in [0.2, 0.25) is 0 Å². The molecule has 2 fully saturated rings. The molecule has 4 amide bonds. The highest BCUT2D eigenvalue weighted by atomic mass is 16.5. The molecule has 272 valence electrons. The molecule has 6 rings (SSSR count). The van der Waals surface area contributed by atoms with Crippen molar-refractivity contribution in [1.29, 1.82) is 0 Å². The zero-order valence-corrected chi connectivity index (χ0v) is 28.7. The van der Waals surface area contributed by atoms with Crippen LogP contribution in [-0.4, -0.2) is 102 Å². The molecule has 0 bridgehead atoms. The molecule has 3 aromatic rings. The number of imide groups is 1. The van der Waals surface area contributed by atoms with Gasteiger partial charge in [0.05, 0.1) is 58.3 Å². The Morgan fingerprint density at radius 3 is 2.37 bits per heavy atom. The minimum absolute atomic E-state index is 0.169. The molecule has 1 atom stereocenters. The molecule has 1 saturated heterocycles. The monoisotopic (exact) mass is 702 g/mol. The van der Waals surface area contributed by atoms with E-state index in [1.807, 2.05) is 35.1 Å². The largest absolute Gasteiger partial charge is 0.399 e. The fraction of sp³-hybridized carbons (Fsp3) is 0.500. The topological polar surface area (TPSA) is 192 Å².